The monoisotopic (exact) mass is 208 g/mol. The Morgan fingerprint density at radius 1 is 1.67 bits per heavy atom. The summed E-state index contributed by atoms with van der Waals surface area (Å²) in [7, 11) is 2.20. The summed E-state index contributed by atoms with van der Waals surface area (Å²) in [4.78, 5) is 2.44. The fraction of sp³-hybridized carbons (Fsp3) is 0.667. The second-order valence-electron chi connectivity index (χ2n) is 4.25. The molecule has 1 saturated heterocycles. The van der Waals surface area contributed by atoms with Gasteiger partial charge in [-0.2, -0.15) is 0 Å². The fourth-order valence-corrected chi connectivity index (χ4v) is 2.41. The molecule has 3 nitrogen and oxygen atoms in total. The second kappa shape index (κ2) is 4.81. The smallest absolute Gasteiger partial charge is 0.120 e. The lowest BCUT2D eigenvalue weighted by Gasteiger charge is -2.30. The number of nitrogens with one attached hydrogen (secondary N) is 1. The van der Waals surface area contributed by atoms with Crippen LogP contribution < -0.4 is 5.32 Å². The van der Waals surface area contributed by atoms with E-state index in [1.54, 1.807) is 6.26 Å². The number of likely N-dealkylation sites (N-methyl/N-ethyl adjacent to an activating group) is 1. The molecule has 1 aromatic heterocycles. The maximum Gasteiger partial charge on any atom is 0.120 e. The molecule has 1 fully saturated rings. The summed E-state index contributed by atoms with van der Waals surface area (Å²) in [5, 5.41) is 3.41. The van der Waals surface area contributed by atoms with Gasteiger partial charge in [0, 0.05) is 12.6 Å². The van der Waals surface area contributed by atoms with Crippen molar-refractivity contribution in [3.05, 3.63) is 24.2 Å². The summed E-state index contributed by atoms with van der Waals surface area (Å²) in [5.41, 5.74) is 0. The molecule has 0 aliphatic carbocycles. The van der Waals surface area contributed by atoms with Gasteiger partial charge < -0.3 is 9.73 Å². The molecular formula is C12H20N2O. The lowest BCUT2D eigenvalue weighted by Crippen LogP contribution is -2.36. The molecule has 2 rings (SSSR count). The van der Waals surface area contributed by atoms with E-state index in [0.717, 1.165) is 25.3 Å². The first kappa shape index (κ1) is 10.7. The zero-order chi connectivity index (χ0) is 10.7. The summed E-state index contributed by atoms with van der Waals surface area (Å²) in [6.07, 6.45) is 4.10. The quantitative estimate of drug-likeness (QED) is 0.820. The van der Waals surface area contributed by atoms with Crippen molar-refractivity contribution in [2.24, 2.45) is 0 Å². The molecular weight excluding hydrogens is 188 g/mol. The van der Waals surface area contributed by atoms with E-state index >= 15 is 0 Å². The lowest BCUT2D eigenvalue weighted by molar-refractivity contribution is 0.159. The molecule has 1 aromatic rings. The Balaban J connectivity index is 2.05. The van der Waals surface area contributed by atoms with Gasteiger partial charge in [-0.25, -0.2) is 0 Å². The van der Waals surface area contributed by atoms with Gasteiger partial charge in [0.15, 0.2) is 0 Å². The SMILES string of the molecule is CCC(c1ccco1)N(C)C1CCNC1. The van der Waals surface area contributed by atoms with Crippen LogP contribution in [-0.4, -0.2) is 31.1 Å². The van der Waals surface area contributed by atoms with Gasteiger partial charge in [0.05, 0.1) is 12.3 Å². The van der Waals surface area contributed by atoms with Crippen LogP contribution in [-0.2, 0) is 0 Å². The van der Waals surface area contributed by atoms with Crippen molar-refractivity contribution in [2.75, 3.05) is 20.1 Å². The number of nitrogens with zero attached hydrogens (tertiary/aromatic N) is 1. The predicted molar refractivity (Wildman–Crippen MR) is 60.8 cm³/mol. The maximum atomic E-state index is 5.51. The van der Waals surface area contributed by atoms with Crippen molar-refractivity contribution in [1.82, 2.24) is 10.2 Å². The summed E-state index contributed by atoms with van der Waals surface area (Å²) in [5.74, 6) is 1.09. The molecule has 0 radical (unpaired) electrons. The molecule has 1 aliphatic rings. The first-order valence-electron chi connectivity index (χ1n) is 5.79. The van der Waals surface area contributed by atoms with Crippen molar-refractivity contribution in [1.29, 1.82) is 0 Å². The van der Waals surface area contributed by atoms with Crippen LogP contribution in [0, 0.1) is 0 Å². The van der Waals surface area contributed by atoms with Gasteiger partial charge in [0.2, 0.25) is 0 Å². The highest BCUT2D eigenvalue weighted by Crippen LogP contribution is 2.26. The van der Waals surface area contributed by atoms with Crippen LogP contribution in [0.2, 0.25) is 0 Å². The minimum atomic E-state index is 0.421. The van der Waals surface area contributed by atoms with Gasteiger partial charge >= 0.3 is 0 Å². The highest BCUT2D eigenvalue weighted by Gasteiger charge is 2.26. The molecule has 0 aromatic carbocycles. The maximum absolute atomic E-state index is 5.51. The number of rotatable bonds is 4. The third-order valence-corrected chi connectivity index (χ3v) is 3.36. The molecule has 0 amide bonds. The van der Waals surface area contributed by atoms with E-state index < -0.39 is 0 Å². The fourth-order valence-electron chi connectivity index (χ4n) is 2.41. The highest BCUT2D eigenvalue weighted by atomic mass is 16.3. The molecule has 2 heterocycles. The first-order chi connectivity index (χ1) is 7.33. The molecule has 1 N–H and O–H groups in total. The van der Waals surface area contributed by atoms with Crippen molar-refractivity contribution < 1.29 is 4.42 Å². The molecule has 3 heteroatoms. The lowest BCUT2D eigenvalue weighted by atomic mass is 10.1. The Morgan fingerprint density at radius 3 is 3.07 bits per heavy atom. The first-order valence-corrected chi connectivity index (χ1v) is 5.79. The third-order valence-electron chi connectivity index (χ3n) is 3.36. The Hall–Kier alpha value is -0.800. The van der Waals surface area contributed by atoms with E-state index in [9.17, 15) is 0 Å². The summed E-state index contributed by atoms with van der Waals surface area (Å²) >= 11 is 0. The van der Waals surface area contributed by atoms with Crippen LogP contribution in [0.1, 0.15) is 31.6 Å². The standard InChI is InChI=1S/C12H20N2O/c1-3-11(12-5-4-8-15-12)14(2)10-6-7-13-9-10/h4-5,8,10-11,13H,3,6-7,9H2,1-2H3. The minimum Gasteiger partial charge on any atom is -0.468 e. The van der Waals surface area contributed by atoms with Crippen molar-refractivity contribution >= 4 is 0 Å². The van der Waals surface area contributed by atoms with Crippen molar-refractivity contribution in [3.8, 4) is 0 Å². The highest BCUT2D eigenvalue weighted by molar-refractivity contribution is 5.05. The average molecular weight is 208 g/mol. The van der Waals surface area contributed by atoms with Crippen LogP contribution in [0.15, 0.2) is 22.8 Å². The van der Waals surface area contributed by atoms with E-state index in [-0.39, 0.29) is 0 Å². The van der Waals surface area contributed by atoms with Gasteiger partial charge in [0.1, 0.15) is 5.76 Å². The number of hydrogen-bond donors (Lipinski definition) is 1. The van der Waals surface area contributed by atoms with E-state index in [1.165, 1.54) is 6.42 Å². The molecule has 15 heavy (non-hydrogen) atoms. The zero-order valence-corrected chi connectivity index (χ0v) is 9.57. The topological polar surface area (TPSA) is 28.4 Å². The molecule has 0 spiro atoms. The molecule has 0 bridgehead atoms. The Labute approximate surface area is 91.4 Å². The normalized spacial score (nSPS) is 23.5. The van der Waals surface area contributed by atoms with Crippen LogP contribution in [0.4, 0.5) is 0 Å². The zero-order valence-electron chi connectivity index (χ0n) is 9.57. The Bertz CT molecular complexity index is 278. The molecule has 1 aliphatic heterocycles. The van der Waals surface area contributed by atoms with E-state index in [1.807, 2.05) is 6.07 Å². The number of hydrogen-bond acceptors (Lipinski definition) is 3. The molecule has 2 atom stereocenters. The van der Waals surface area contributed by atoms with Crippen molar-refractivity contribution in [2.45, 2.75) is 31.8 Å². The van der Waals surface area contributed by atoms with E-state index in [4.69, 9.17) is 4.42 Å². The number of furan rings is 1. The van der Waals surface area contributed by atoms with Gasteiger partial charge in [-0.15, -0.1) is 0 Å². The van der Waals surface area contributed by atoms with Crippen molar-refractivity contribution in [3.63, 3.8) is 0 Å². The van der Waals surface area contributed by atoms with Gasteiger partial charge in [-0.1, -0.05) is 6.92 Å². The molecule has 0 saturated carbocycles. The largest absolute Gasteiger partial charge is 0.468 e. The predicted octanol–water partition coefficient (Wildman–Crippen LogP) is 2.02. The van der Waals surface area contributed by atoms with Crippen LogP contribution >= 0.6 is 0 Å². The van der Waals surface area contributed by atoms with Crippen LogP contribution in [0.25, 0.3) is 0 Å². The van der Waals surface area contributed by atoms with Gasteiger partial charge in [-0.05, 0) is 38.6 Å². The van der Waals surface area contributed by atoms with Gasteiger partial charge in [0.25, 0.3) is 0 Å². The molecule has 84 valence electrons. The van der Waals surface area contributed by atoms with E-state index in [0.29, 0.717) is 12.1 Å². The Kier molecular flexibility index (Phi) is 3.44. The van der Waals surface area contributed by atoms with Crippen LogP contribution in [0.5, 0.6) is 0 Å². The average Bonchev–Trinajstić information content (AvgIpc) is 2.91. The summed E-state index contributed by atoms with van der Waals surface area (Å²) < 4.78 is 5.51. The van der Waals surface area contributed by atoms with Gasteiger partial charge in [-0.3, -0.25) is 4.90 Å². The summed E-state index contributed by atoms with van der Waals surface area (Å²) in [6, 6.07) is 5.12. The van der Waals surface area contributed by atoms with Crippen LogP contribution in [0.3, 0.4) is 0 Å². The summed E-state index contributed by atoms with van der Waals surface area (Å²) in [6.45, 7) is 4.46. The Morgan fingerprint density at radius 2 is 2.53 bits per heavy atom. The molecule has 2 unspecified atom stereocenters. The minimum absolute atomic E-state index is 0.421. The van der Waals surface area contributed by atoms with E-state index in [2.05, 4.69) is 30.3 Å². The second-order valence-corrected chi connectivity index (χ2v) is 4.25. The third kappa shape index (κ3) is 2.24.